The smallest absolute Gasteiger partial charge is 0.238 e. The number of nitrogens with one attached hydrogen (secondary N) is 1. The highest BCUT2D eigenvalue weighted by Gasteiger charge is 2.59. The summed E-state index contributed by atoms with van der Waals surface area (Å²) in [4.78, 5) is 38.0. The van der Waals surface area contributed by atoms with Gasteiger partial charge in [-0.2, -0.15) is 0 Å². The molecule has 5 nitrogen and oxygen atoms in total. The van der Waals surface area contributed by atoms with Gasteiger partial charge in [0.1, 0.15) is 0 Å². The van der Waals surface area contributed by atoms with Gasteiger partial charge in [-0.1, -0.05) is 35.4 Å². The van der Waals surface area contributed by atoms with Crippen molar-refractivity contribution < 1.29 is 14.4 Å². The molecule has 2 fully saturated rings. The summed E-state index contributed by atoms with van der Waals surface area (Å²) in [6, 6.07) is 2.98. The first-order valence-corrected chi connectivity index (χ1v) is 8.47. The van der Waals surface area contributed by atoms with Crippen molar-refractivity contribution in [3.63, 3.8) is 0 Å². The van der Waals surface area contributed by atoms with Crippen LogP contribution in [0.4, 0.5) is 11.4 Å². The van der Waals surface area contributed by atoms with Crippen LogP contribution >= 0.6 is 23.2 Å². The molecule has 0 spiro atoms. The summed E-state index contributed by atoms with van der Waals surface area (Å²) in [6.07, 6.45) is 4.96. The number of imide groups is 1. The van der Waals surface area contributed by atoms with Crippen LogP contribution in [0, 0.1) is 23.7 Å². The predicted octanol–water partition coefficient (Wildman–Crippen LogP) is 3.26. The lowest BCUT2D eigenvalue weighted by molar-refractivity contribution is -0.123. The highest BCUT2D eigenvalue weighted by Crippen LogP contribution is 2.53. The lowest BCUT2D eigenvalue weighted by atomic mass is 9.85. The van der Waals surface area contributed by atoms with E-state index in [9.17, 15) is 14.4 Å². The molecule has 2 aliphatic carbocycles. The Morgan fingerprint density at radius 3 is 2.04 bits per heavy atom. The number of nitrogens with zero attached hydrogens (tertiary/aromatic N) is 1. The zero-order valence-corrected chi connectivity index (χ0v) is 14.3. The number of amides is 3. The van der Waals surface area contributed by atoms with Gasteiger partial charge in [0.05, 0.1) is 33.3 Å². The molecule has 1 heterocycles. The first-order valence-electron chi connectivity index (χ1n) is 7.71. The molecule has 0 unspecified atom stereocenters. The summed E-state index contributed by atoms with van der Waals surface area (Å²) in [5.41, 5.74) is 0.624. The van der Waals surface area contributed by atoms with Crippen LogP contribution in [0.1, 0.15) is 13.3 Å². The van der Waals surface area contributed by atoms with Gasteiger partial charge in [-0.15, -0.1) is 0 Å². The van der Waals surface area contributed by atoms with Gasteiger partial charge in [0.25, 0.3) is 0 Å². The van der Waals surface area contributed by atoms with Gasteiger partial charge in [-0.25, -0.2) is 4.90 Å². The minimum atomic E-state index is -0.308. The Morgan fingerprint density at radius 1 is 1.08 bits per heavy atom. The van der Waals surface area contributed by atoms with Gasteiger partial charge in [0.15, 0.2) is 0 Å². The molecule has 0 aromatic heterocycles. The van der Waals surface area contributed by atoms with Crippen molar-refractivity contribution >= 4 is 52.3 Å². The molecule has 2 bridgehead atoms. The fourth-order valence-electron chi connectivity index (χ4n) is 4.14. The van der Waals surface area contributed by atoms with Crippen LogP contribution in [0.2, 0.25) is 10.0 Å². The largest absolute Gasteiger partial charge is 0.324 e. The maximum Gasteiger partial charge on any atom is 0.238 e. The summed E-state index contributed by atoms with van der Waals surface area (Å²) in [5, 5.41) is 2.92. The number of anilines is 2. The number of allylic oxidation sites excluding steroid dienone is 2. The second-order valence-corrected chi connectivity index (χ2v) is 7.29. The zero-order chi connectivity index (χ0) is 17.2. The number of carbonyl (C=O) groups is 3. The monoisotopic (exact) mass is 364 g/mol. The Kier molecular flexibility index (Phi) is 3.48. The minimum Gasteiger partial charge on any atom is -0.324 e. The van der Waals surface area contributed by atoms with E-state index < -0.39 is 0 Å². The topological polar surface area (TPSA) is 66.5 Å². The Bertz CT molecular complexity index is 767. The molecule has 4 atom stereocenters. The van der Waals surface area contributed by atoms with E-state index >= 15 is 0 Å². The SMILES string of the molecule is CC(=O)Nc1c(Cl)cc(N2C(=O)[C@@H]3[C@H](C2=O)[C@@H]2C=C[C@@H]3C2)cc1Cl. The van der Waals surface area contributed by atoms with Gasteiger partial charge in [-0.05, 0) is 30.4 Å². The Morgan fingerprint density at radius 2 is 1.58 bits per heavy atom. The molecule has 124 valence electrons. The van der Waals surface area contributed by atoms with Crippen LogP contribution in [0.15, 0.2) is 24.3 Å². The Balaban J connectivity index is 1.71. The van der Waals surface area contributed by atoms with Gasteiger partial charge >= 0.3 is 0 Å². The summed E-state index contributed by atoms with van der Waals surface area (Å²) >= 11 is 12.4. The van der Waals surface area contributed by atoms with Crippen molar-refractivity contribution in [2.24, 2.45) is 23.7 Å². The lowest BCUT2D eigenvalue weighted by Crippen LogP contribution is -2.32. The number of halogens is 2. The summed E-state index contributed by atoms with van der Waals surface area (Å²) in [5.74, 6) is -0.961. The molecule has 1 aromatic rings. The van der Waals surface area contributed by atoms with Crippen molar-refractivity contribution in [2.75, 3.05) is 10.2 Å². The molecule has 1 N–H and O–H groups in total. The standard InChI is InChI=1S/C17H14Cl2N2O3/c1-7(22)20-15-11(18)5-10(6-12(15)19)21-16(23)13-8-2-3-9(4-8)14(13)17(21)24/h2-3,5-6,8-9,13-14H,4H2,1H3,(H,20,22)/t8-,9-,13-,14+/m1/s1. The zero-order valence-electron chi connectivity index (χ0n) is 12.8. The van der Waals surface area contributed by atoms with E-state index in [0.29, 0.717) is 5.69 Å². The van der Waals surface area contributed by atoms with E-state index in [-0.39, 0.29) is 57.1 Å². The molecule has 3 amide bonds. The highest BCUT2D eigenvalue weighted by molar-refractivity contribution is 6.40. The highest BCUT2D eigenvalue weighted by atomic mass is 35.5. The average Bonchev–Trinajstić information content (AvgIpc) is 3.17. The minimum absolute atomic E-state index is 0.144. The number of benzene rings is 1. The van der Waals surface area contributed by atoms with Crippen LogP contribution in [0.3, 0.4) is 0 Å². The van der Waals surface area contributed by atoms with Gasteiger partial charge in [-0.3, -0.25) is 14.4 Å². The fraction of sp³-hybridized carbons (Fsp3) is 0.353. The third kappa shape index (κ3) is 2.11. The molecule has 1 aliphatic heterocycles. The third-order valence-electron chi connectivity index (χ3n) is 5.06. The molecule has 0 radical (unpaired) electrons. The van der Waals surface area contributed by atoms with Crippen LogP contribution in [0.5, 0.6) is 0 Å². The fourth-order valence-corrected chi connectivity index (χ4v) is 4.71. The Labute approximate surface area is 148 Å². The number of fused-ring (bicyclic) bond motifs is 5. The molecule has 1 saturated carbocycles. The second-order valence-electron chi connectivity index (χ2n) is 6.48. The number of rotatable bonds is 2. The first-order chi connectivity index (χ1) is 11.4. The van der Waals surface area contributed by atoms with E-state index in [1.54, 1.807) is 0 Å². The molecule has 1 saturated heterocycles. The van der Waals surface area contributed by atoms with Crippen molar-refractivity contribution in [3.8, 4) is 0 Å². The maximum atomic E-state index is 12.8. The van der Waals surface area contributed by atoms with E-state index in [0.717, 1.165) is 6.42 Å². The Hall–Kier alpha value is -1.85. The van der Waals surface area contributed by atoms with E-state index in [4.69, 9.17) is 23.2 Å². The predicted molar refractivity (Wildman–Crippen MR) is 91.0 cm³/mol. The first kappa shape index (κ1) is 15.7. The second kappa shape index (κ2) is 5.33. The van der Waals surface area contributed by atoms with Crippen LogP contribution in [-0.2, 0) is 14.4 Å². The molecule has 7 heteroatoms. The van der Waals surface area contributed by atoms with Gasteiger partial charge < -0.3 is 5.32 Å². The summed E-state index contributed by atoms with van der Waals surface area (Å²) in [7, 11) is 0. The summed E-state index contributed by atoms with van der Waals surface area (Å²) in [6.45, 7) is 1.35. The normalized spacial score (nSPS) is 30.2. The van der Waals surface area contributed by atoms with Crippen LogP contribution in [0.25, 0.3) is 0 Å². The van der Waals surface area contributed by atoms with Crippen molar-refractivity contribution in [1.29, 1.82) is 0 Å². The molecule has 1 aromatic carbocycles. The number of hydrogen-bond donors (Lipinski definition) is 1. The van der Waals surface area contributed by atoms with Gasteiger partial charge in [0, 0.05) is 6.92 Å². The van der Waals surface area contributed by atoms with Gasteiger partial charge in [0.2, 0.25) is 17.7 Å². The quantitative estimate of drug-likeness (QED) is 0.646. The van der Waals surface area contributed by atoms with Crippen LogP contribution in [-0.4, -0.2) is 17.7 Å². The van der Waals surface area contributed by atoms with E-state index in [1.807, 2.05) is 12.2 Å². The van der Waals surface area contributed by atoms with Crippen molar-refractivity contribution in [2.45, 2.75) is 13.3 Å². The molecular formula is C17H14Cl2N2O3. The average molecular weight is 365 g/mol. The molecule has 24 heavy (non-hydrogen) atoms. The van der Waals surface area contributed by atoms with Crippen LogP contribution < -0.4 is 10.2 Å². The van der Waals surface area contributed by atoms with E-state index in [1.165, 1.54) is 24.0 Å². The molecular weight excluding hydrogens is 351 g/mol. The maximum absolute atomic E-state index is 12.8. The van der Waals surface area contributed by atoms with Crippen molar-refractivity contribution in [3.05, 3.63) is 34.3 Å². The molecule has 3 aliphatic rings. The lowest BCUT2D eigenvalue weighted by Gasteiger charge is -2.19. The van der Waals surface area contributed by atoms with E-state index in [2.05, 4.69) is 5.32 Å². The molecule has 4 rings (SSSR count). The number of carbonyl (C=O) groups excluding carboxylic acids is 3. The van der Waals surface area contributed by atoms with Crippen molar-refractivity contribution in [1.82, 2.24) is 0 Å². The summed E-state index contributed by atoms with van der Waals surface area (Å²) < 4.78 is 0. The number of hydrogen-bond acceptors (Lipinski definition) is 3. The third-order valence-corrected chi connectivity index (χ3v) is 5.65.